The number of hydrogen-bond donors (Lipinski definition) is 1. The van der Waals surface area contributed by atoms with Crippen LogP contribution in [-0.2, 0) is 0 Å². The molecule has 1 unspecified atom stereocenters. The maximum atomic E-state index is 13.8. The Hall–Kier alpha value is -1.87. The second-order valence-corrected chi connectivity index (χ2v) is 5.01. The third-order valence-corrected chi connectivity index (χ3v) is 3.55. The highest BCUT2D eigenvalue weighted by Gasteiger charge is 2.28. The second kappa shape index (κ2) is 4.67. The summed E-state index contributed by atoms with van der Waals surface area (Å²) >= 11 is 0. The maximum absolute atomic E-state index is 13.8. The Kier molecular flexibility index (Phi) is 2.99. The van der Waals surface area contributed by atoms with E-state index >= 15 is 0 Å². The van der Waals surface area contributed by atoms with Gasteiger partial charge < -0.3 is 10.5 Å². The molecular formula is C16H16FNO. The van der Waals surface area contributed by atoms with Crippen LogP contribution in [0.15, 0.2) is 42.5 Å². The minimum atomic E-state index is -0.314. The normalized spacial score (nSPS) is 21.6. The summed E-state index contributed by atoms with van der Waals surface area (Å²) in [5.41, 5.74) is 8.93. The van der Waals surface area contributed by atoms with Crippen molar-refractivity contribution in [1.82, 2.24) is 0 Å². The molecule has 2 aromatic carbocycles. The lowest BCUT2D eigenvalue weighted by Crippen LogP contribution is -2.24. The van der Waals surface area contributed by atoms with Crippen molar-refractivity contribution in [1.29, 1.82) is 0 Å². The quantitative estimate of drug-likeness (QED) is 0.846. The topological polar surface area (TPSA) is 35.2 Å². The lowest BCUT2D eigenvalue weighted by Gasteiger charge is -2.31. The van der Waals surface area contributed by atoms with Gasteiger partial charge >= 0.3 is 0 Å². The third kappa shape index (κ3) is 2.22. The minimum Gasteiger partial charge on any atom is -0.485 e. The zero-order chi connectivity index (χ0) is 13.4. The van der Waals surface area contributed by atoms with E-state index in [1.165, 1.54) is 6.07 Å². The number of ether oxygens (including phenoxy) is 1. The van der Waals surface area contributed by atoms with Crippen LogP contribution in [0.4, 0.5) is 4.39 Å². The summed E-state index contributed by atoms with van der Waals surface area (Å²) in [6.45, 7) is 2.02. The molecule has 2 aromatic rings. The Labute approximate surface area is 112 Å². The van der Waals surface area contributed by atoms with Crippen molar-refractivity contribution in [3.8, 4) is 5.75 Å². The number of benzene rings is 2. The molecule has 0 amide bonds. The molecule has 1 aliphatic heterocycles. The summed E-state index contributed by atoms with van der Waals surface area (Å²) in [6.07, 6.45) is 0.281. The fourth-order valence-corrected chi connectivity index (χ4v) is 2.55. The molecule has 98 valence electrons. The van der Waals surface area contributed by atoms with E-state index in [0.29, 0.717) is 12.0 Å². The Bertz CT molecular complexity index is 611. The van der Waals surface area contributed by atoms with Crippen LogP contribution in [-0.4, -0.2) is 0 Å². The Balaban J connectivity index is 1.97. The highest BCUT2D eigenvalue weighted by Crippen LogP contribution is 2.40. The lowest BCUT2D eigenvalue weighted by molar-refractivity contribution is 0.157. The molecule has 19 heavy (non-hydrogen) atoms. The van der Waals surface area contributed by atoms with Gasteiger partial charge in [-0.3, -0.25) is 0 Å². The average Bonchev–Trinajstić information content (AvgIpc) is 2.40. The van der Waals surface area contributed by atoms with Crippen molar-refractivity contribution in [2.75, 3.05) is 0 Å². The molecule has 0 bridgehead atoms. The van der Waals surface area contributed by atoms with Crippen LogP contribution in [0.5, 0.6) is 5.75 Å². The fourth-order valence-electron chi connectivity index (χ4n) is 2.55. The van der Waals surface area contributed by atoms with Gasteiger partial charge in [-0.1, -0.05) is 35.9 Å². The molecule has 3 heteroatoms. The van der Waals surface area contributed by atoms with E-state index in [0.717, 1.165) is 16.9 Å². The molecular weight excluding hydrogens is 241 g/mol. The number of hydrogen-bond acceptors (Lipinski definition) is 2. The van der Waals surface area contributed by atoms with Crippen molar-refractivity contribution in [3.05, 3.63) is 65.0 Å². The van der Waals surface area contributed by atoms with Gasteiger partial charge in [0.1, 0.15) is 17.7 Å². The molecule has 0 aliphatic carbocycles. The van der Waals surface area contributed by atoms with E-state index in [9.17, 15) is 4.39 Å². The molecule has 0 saturated carbocycles. The first-order chi connectivity index (χ1) is 9.15. The molecule has 1 aliphatic rings. The standard InChI is InChI=1S/C16H16FNO/c1-10-6-7-15-12(8-10)14(18)9-16(19-15)11-4-2-3-5-13(11)17/h2-8,14,16H,9,18H2,1H3/t14-,16?/m1/s1. The van der Waals surface area contributed by atoms with Gasteiger partial charge in [-0.2, -0.15) is 0 Å². The monoisotopic (exact) mass is 257 g/mol. The summed E-state index contributed by atoms with van der Waals surface area (Å²) < 4.78 is 19.7. The van der Waals surface area contributed by atoms with Crippen molar-refractivity contribution >= 4 is 0 Å². The van der Waals surface area contributed by atoms with Crippen molar-refractivity contribution < 1.29 is 9.13 Å². The first kappa shape index (κ1) is 12.2. The molecule has 0 aromatic heterocycles. The smallest absolute Gasteiger partial charge is 0.130 e. The van der Waals surface area contributed by atoms with Crippen LogP contribution in [0.25, 0.3) is 0 Å². The zero-order valence-corrected chi connectivity index (χ0v) is 10.8. The Morgan fingerprint density at radius 2 is 1.95 bits per heavy atom. The van der Waals surface area contributed by atoms with Crippen molar-refractivity contribution in [2.24, 2.45) is 5.73 Å². The highest BCUT2D eigenvalue weighted by molar-refractivity contribution is 5.41. The van der Waals surface area contributed by atoms with Gasteiger partial charge in [-0.25, -0.2) is 4.39 Å². The number of rotatable bonds is 1. The largest absolute Gasteiger partial charge is 0.485 e. The number of fused-ring (bicyclic) bond motifs is 1. The molecule has 0 spiro atoms. The molecule has 0 radical (unpaired) electrons. The van der Waals surface area contributed by atoms with Gasteiger partial charge in [0.25, 0.3) is 0 Å². The molecule has 2 nitrogen and oxygen atoms in total. The maximum Gasteiger partial charge on any atom is 0.130 e. The van der Waals surface area contributed by atoms with Gasteiger partial charge in [0.15, 0.2) is 0 Å². The minimum absolute atomic E-state index is 0.117. The van der Waals surface area contributed by atoms with Crippen LogP contribution in [0, 0.1) is 12.7 Å². The van der Waals surface area contributed by atoms with Gasteiger partial charge in [0, 0.05) is 23.6 Å². The van der Waals surface area contributed by atoms with Gasteiger partial charge in [-0.05, 0) is 19.1 Å². The summed E-state index contributed by atoms with van der Waals surface area (Å²) in [7, 11) is 0. The van der Waals surface area contributed by atoms with E-state index in [2.05, 4.69) is 0 Å². The molecule has 2 N–H and O–H groups in total. The molecule has 1 heterocycles. The first-order valence-electron chi connectivity index (χ1n) is 6.42. The molecule has 0 fully saturated rings. The van der Waals surface area contributed by atoms with E-state index in [1.54, 1.807) is 12.1 Å². The number of aryl methyl sites for hydroxylation is 1. The summed E-state index contributed by atoms with van der Waals surface area (Å²) in [5, 5.41) is 0. The van der Waals surface area contributed by atoms with Crippen LogP contribution in [0.3, 0.4) is 0 Å². The van der Waals surface area contributed by atoms with Gasteiger partial charge in [0.2, 0.25) is 0 Å². The average molecular weight is 257 g/mol. The van der Waals surface area contributed by atoms with E-state index in [1.807, 2.05) is 31.2 Å². The van der Waals surface area contributed by atoms with E-state index in [4.69, 9.17) is 10.5 Å². The van der Waals surface area contributed by atoms with Crippen molar-refractivity contribution in [2.45, 2.75) is 25.5 Å². The van der Waals surface area contributed by atoms with Crippen LogP contribution < -0.4 is 10.5 Å². The Morgan fingerprint density at radius 1 is 1.16 bits per heavy atom. The molecule has 2 atom stereocenters. The van der Waals surface area contributed by atoms with Crippen LogP contribution in [0.1, 0.15) is 35.3 Å². The Morgan fingerprint density at radius 3 is 2.74 bits per heavy atom. The fraction of sp³-hybridized carbons (Fsp3) is 0.250. The zero-order valence-electron chi connectivity index (χ0n) is 10.8. The van der Waals surface area contributed by atoms with E-state index < -0.39 is 0 Å². The lowest BCUT2D eigenvalue weighted by atomic mass is 9.92. The van der Waals surface area contributed by atoms with E-state index in [-0.39, 0.29) is 18.0 Å². The molecule has 0 saturated heterocycles. The first-order valence-corrected chi connectivity index (χ1v) is 6.42. The summed E-state index contributed by atoms with van der Waals surface area (Å²) in [6, 6.07) is 12.5. The van der Waals surface area contributed by atoms with Gasteiger partial charge in [0.05, 0.1) is 0 Å². The summed E-state index contributed by atoms with van der Waals surface area (Å²) in [4.78, 5) is 0. The number of nitrogens with two attached hydrogens (primary N) is 1. The predicted molar refractivity (Wildman–Crippen MR) is 72.5 cm³/mol. The second-order valence-electron chi connectivity index (χ2n) is 5.01. The highest BCUT2D eigenvalue weighted by atomic mass is 19.1. The molecule has 3 rings (SSSR count). The summed E-state index contributed by atoms with van der Waals surface area (Å²) in [5.74, 6) is 0.521. The predicted octanol–water partition coefficient (Wildman–Crippen LogP) is 3.66. The SMILES string of the molecule is Cc1ccc2c(c1)[C@H](N)CC(c1ccccc1F)O2. The van der Waals surface area contributed by atoms with Gasteiger partial charge in [-0.15, -0.1) is 0 Å². The van der Waals surface area contributed by atoms with Crippen LogP contribution in [0.2, 0.25) is 0 Å². The van der Waals surface area contributed by atoms with Crippen LogP contribution >= 0.6 is 0 Å². The van der Waals surface area contributed by atoms with Crippen molar-refractivity contribution in [3.63, 3.8) is 0 Å². The number of halogens is 1. The third-order valence-electron chi connectivity index (χ3n) is 3.55.